The summed E-state index contributed by atoms with van der Waals surface area (Å²) in [7, 11) is 0. The van der Waals surface area contributed by atoms with Crippen molar-refractivity contribution in [3.05, 3.63) is 28.7 Å². The van der Waals surface area contributed by atoms with Gasteiger partial charge in [-0.3, -0.25) is 0 Å². The summed E-state index contributed by atoms with van der Waals surface area (Å²) >= 11 is 3.41. The highest BCUT2D eigenvalue weighted by atomic mass is 79.9. The van der Waals surface area contributed by atoms with Gasteiger partial charge in [0.1, 0.15) is 0 Å². The quantitative estimate of drug-likeness (QED) is 0.642. The van der Waals surface area contributed by atoms with E-state index >= 15 is 0 Å². The largest absolute Gasteiger partial charge is 0.385 e. The normalized spacial score (nSPS) is 10.4. The molecule has 0 aromatic heterocycles. The summed E-state index contributed by atoms with van der Waals surface area (Å²) in [5.74, 6) is 0. The molecule has 0 saturated heterocycles. The molecule has 4 N–H and O–H groups in total. The van der Waals surface area contributed by atoms with E-state index in [0.29, 0.717) is 0 Å². The Morgan fingerprint density at radius 2 is 1.69 bits per heavy atom. The van der Waals surface area contributed by atoms with Crippen molar-refractivity contribution in [1.29, 1.82) is 0 Å². The SMILES string of the molecule is NCCCNCCCNc1ccc(Br)cc1. The third kappa shape index (κ3) is 6.10. The summed E-state index contributed by atoms with van der Waals surface area (Å²) in [4.78, 5) is 0. The summed E-state index contributed by atoms with van der Waals surface area (Å²) in [5.41, 5.74) is 6.57. The molecule has 0 radical (unpaired) electrons. The van der Waals surface area contributed by atoms with Crippen molar-refractivity contribution in [3.63, 3.8) is 0 Å². The van der Waals surface area contributed by atoms with Crippen LogP contribution in [0.5, 0.6) is 0 Å². The fourth-order valence-corrected chi connectivity index (χ4v) is 1.63. The van der Waals surface area contributed by atoms with Crippen LogP contribution in [0.15, 0.2) is 28.7 Å². The molecule has 0 bridgehead atoms. The molecule has 1 rings (SSSR count). The number of halogens is 1. The van der Waals surface area contributed by atoms with E-state index in [4.69, 9.17) is 5.73 Å². The molecule has 1 aromatic rings. The van der Waals surface area contributed by atoms with E-state index in [2.05, 4.69) is 38.7 Å². The third-order valence-corrected chi connectivity index (χ3v) is 2.79. The maximum Gasteiger partial charge on any atom is 0.0340 e. The standard InChI is InChI=1S/C12H20BrN3/c13-11-3-5-12(6-4-11)16-10-2-9-15-8-1-7-14/h3-6,15-16H,1-2,7-10,14H2. The number of benzene rings is 1. The topological polar surface area (TPSA) is 50.1 Å². The van der Waals surface area contributed by atoms with Crippen molar-refractivity contribution < 1.29 is 0 Å². The summed E-state index contributed by atoms with van der Waals surface area (Å²) < 4.78 is 1.11. The minimum absolute atomic E-state index is 0.768. The molecule has 0 fully saturated rings. The van der Waals surface area contributed by atoms with E-state index in [1.54, 1.807) is 0 Å². The molecule has 16 heavy (non-hydrogen) atoms. The molecule has 1 aromatic carbocycles. The van der Waals surface area contributed by atoms with Crippen molar-refractivity contribution in [3.8, 4) is 0 Å². The average molecular weight is 286 g/mol. The Morgan fingerprint density at radius 1 is 1.00 bits per heavy atom. The lowest BCUT2D eigenvalue weighted by atomic mass is 10.3. The second-order valence-electron chi connectivity index (χ2n) is 3.68. The molecule has 4 heteroatoms. The molecular weight excluding hydrogens is 266 g/mol. The van der Waals surface area contributed by atoms with Crippen LogP contribution in [-0.2, 0) is 0 Å². The first-order valence-corrected chi connectivity index (χ1v) is 6.52. The number of rotatable bonds is 8. The molecule has 0 aliphatic carbocycles. The van der Waals surface area contributed by atoms with Gasteiger partial charge in [0.15, 0.2) is 0 Å². The molecule has 90 valence electrons. The van der Waals surface area contributed by atoms with E-state index in [9.17, 15) is 0 Å². The lowest BCUT2D eigenvalue weighted by Crippen LogP contribution is -2.21. The van der Waals surface area contributed by atoms with Gasteiger partial charge in [0.25, 0.3) is 0 Å². The smallest absolute Gasteiger partial charge is 0.0340 e. The lowest BCUT2D eigenvalue weighted by molar-refractivity contribution is 0.637. The van der Waals surface area contributed by atoms with Crippen LogP contribution in [0.1, 0.15) is 12.8 Å². The Kier molecular flexibility index (Phi) is 7.21. The van der Waals surface area contributed by atoms with Crippen LogP contribution >= 0.6 is 15.9 Å². The Balaban J connectivity index is 2.01. The number of nitrogens with one attached hydrogen (secondary N) is 2. The zero-order valence-corrected chi connectivity index (χ0v) is 11.1. The zero-order valence-electron chi connectivity index (χ0n) is 9.51. The van der Waals surface area contributed by atoms with E-state index in [0.717, 1.165) is 43.5 Å². The summed E-state index contributed by atoms with van der Waals surface area (Å²) in [5, 5.41) is 6.73. The number of hydrogen-bond donors (Lipinski definition) is 3. The predicted molar refractivity (Wildman–Crippen MR) is 73.8 cm³/mol. The van der Waals surface area contributed by atoms with E-state index in [1.807, 2.05) is 12.1 Å². The van der Waals surface area contributed by atoms with Gasteiger partial charge in [0.05, 0.1) is 0 Å². The van der Waals surface area contributed by atoms with Crippen LogP contribution in [0.2, 0.25) is 0 Å². The summed E-state index contributed by atoms with van der Waals surface area (Å²) in [6.45, 7) is 3.83. The molecule has 0 saturated carbocycles. The molecule has 0 aliphatic heterocycles. The first kappa shape index (κ1) is 13.5. The first-order chi connectivity index (χ1) is 7.83. The Labute approximate surface area is 106 Å². The highest BCUT2D eigenvalue weighted by molar-refractivity contribution is 9.10. The van der Waals surface area contributed by atoms with Crippen molar-refractivity contribution in [2.45, 2.75) is 12.8 Å². The zero-order chi connectivity index (χ0) is 11.6. The first-order valence-electron chi connectivity index (χ1n) is 5.73. The molecule has 0 amide bonds. The lowest BCUT2D eigenvalue weighted by Gasteiger charge is -2.07. The van der Waals surface area contributed by atoms with Gasteiger partial charge in [0, 0.05) is 16.7 Å². The van der Waals surface area contributed by atoms with Gasteiger partial charge in [-0.1, -0.05) is 15.9 Å². The van der Waals surface area contributed by atoms with Gasteiger partial charge in [-0.2, -0.15) is 0 Å². The van der Waals surface area contributed by atoms with E-state index in [-0.39, 0.29) is 0 Å². The second-order valence-corrected chi connectivity index (χ2v) is 4.60. The Morgan fingerprint density at radius 3 is 2.38 bits per heavy atom. The van der Waals surface area contributed by atoms with Crippen molar-refractivity contribution >= 4 is 21.6 Å². The van der Waals surface area contributed by atoms with Crippen LogP contribution in [0.25, 0.3) is 0 Å². The summed E-state index contributed by atoms with van der Waals surface area (Å²) in [6, 6.07) is 8.24. The van der Waals surface area contributed by atoms with Gasteiger partial charge in [0.2, 0.25) is 0 Å². The van der Waals surface area contributed by atoms with Crippen LogP contribution in [0, 0.1) is 0 Å². The van der Waals surface area contributed by atoms with Gasteiger partial charge in [-0.15, -0.1) is 0 Å². The molecule has 0 atom stereocenters. The number of anilines is 1. The van der Waals surface area contributed by atoms with Gasteiger partial charge in [-0.25, -0.2) is 0 Å². The van der Waals surface area contributed by atoms with Crippen molar-refractivity contribution in [2.75, 3.05) is 31.5 Å². The predicted octanol–water partition coefficient (Wildman–Crippen LogP) is 2.19. The van der Waals surface area contributed by atoms with Crippen LogP contribution in [0.4, 0.5) is 5.69 Å². The van der Waals surface area contributed by atoms with Crippen LogP contribution < -0.4 is 16.4 Å². The van der Waals surface area contributed by atoms with Crippen LogP contribution in [0.3, 0.4) is 0 Å². The van der Waals surface area contributed by atoms with E-state index < -0.39 is 0 Å². The highest BCUT2D eigenvalue weighted by Crippen LogP contribution is 2.13. The maximum atomic E-state index is 5.40. The van der Waals surface area contributed by atoms with Gasteiger partial charge >= 0.3 is 0 Å². The third-order valence-electron chi connectivity index (χ3n) is 2.26. The van der Waals surface area contributed by atoms with Crippen molar-refractivity contribution in [1.82, 2.24) is 5.32 Å². The van der Waals surface area contributed by atoms with Gasteiger partial charge in [-0.05, 0) is 56.7 Å². The molecular formula is C12H20BrN3. The van der Waals surface area contributed by atoms with Gasteiger partial charge < -0.3 is 16.4 Å². The highest BCUT2D eigenvalue weighted by Gasteiger charge is 1.92. The molecule has 0 unspecified atom stereocenters. The molecule has 3 nitrogen and oxygen atoms in total. The summed E-state index contributed by atoms with van der Waals surface area (Å²) in [6.07, 6.45) is 2.18. The van der Waals surface area contributed by atoms with Crippen molar-refractivity contribution in [2.24, 2.45) is 5.73 Å². The molecule has 0 aliphatic rings. The second kappa shape index (κ2) is 8.56. The number of hydrogen-bond acceptors (Lipinski definition) is 3. The fraction of sp³-hybridized carbons (Fsp3) is 0.500. The number of nitrogens with two attached hydrogens (primary N) is 1. The molecule has 0 spiro atoms. The maximum absolute atomic E-state index is 5.40. The Bertz CT molecular complexity index is 274. The minimum atomic E-state index is 0.768. The Hall–Kier alpha value is -0.580. The molecule has 0 heterocycles. The minimum Gasteiger partial charge on any atom is -0.385 e. The van der Waals surface area contributed by atoms with E-state index in [1.165, 1.54) is 5.69 Å². The average Bonchev–Trinajstić information content (AvgIpc) is 2.30. The fourth-order valence-electron chi connectivity index (χ4n) is 1.37. The van der Waals surface area contributed by atoms with Crippen LogP contribution in [-0.4, -0.2) is 26.2 Å². The monoisotopic (exact) mass is 285 g/mol.